The Kier molecular flexibility index (Phi) is 5.74. The Morgan fingerprint density at radius 2 is 1.76 bits per heavy atom. The normalized spacial score (nSPS) is 12.0. The Labute approximate surface area is 198 Å². The number of aromatic amines is 1. The third-order valence-electron chi connectivity index (χ3n) is 5.87. The van der Waals surface area contributed by atoms with Crippen LogP contribution in [0.4, 0.5) is 0 Å². The molecule has 0 aliphatic rings. The molecule has 0 radical (unpaired) electrons. The highest BCUT2D eigenvalue weighted by Crippen LogP contribution is 2.41. The zero-order chi connectivity index (χ0) is 24.1. The fourth-order valence-electron chi connectivity index (χ4n) is 4.24. The molecule has 2 heterocycles. The van der Waals surface area contributed by atoms with Crippen LogP contribution in [0.2, 0.25) is 0 Å². The summed E-state index contributed by atoms with van der Waals surface area (Å²) in [6.07, 6.45) is 2.06. The van der Waals surface area contributed by atoms with Gasteiger partial charge in [0.2, 0.25) is 0 Å². The number of ether oxygens (including phenoxy) is 2. The van der Waals surface area contributed by atoms with E-state index in [0.29, 0.717) is 16.3 Å². The number of nitrogens with one attached hydrogen (secondary N) is 1. The SMILES string of the molecule is COc1cc(O)c(C(C)(C)C)cc1-c1n[nH]c(=S)n1-c1ccc(OC)c2c1ccn2C(C)C. The molecule has 8 heteroatoms. The first kappa shape index (κ1) is 22.9. The maximum absolute atomic E-state index is 10.6. The molecule has 0 saturated carbocycles. The van der Waals surface area contributed by atoms with Gasteiger partial charge in [0, 0.05) is 29.3 Å². The summed E-state index contributed by atoms with van der Waals surface area (Å²) in [5.41, 5.74) is 3.13. The predicted molar refractivity (Wildman–Crippen MR) is 134 cm³/mol. The van der Waals surface area contributed by atoms with E-state index in [4.69, 9.17) is 21.7 Å². The molecule has 0 unspecified atom stereocenters. The summed E-state index contributed by atoms with van der Waals surface area (Å²) in [5, 5.41) is 19.1. The van der Waals surface area contributed by atoms with Crippen molar-refractivity contribution in [3.63, 3.8) is 0 Å². The van der Waals surface area contributed by atoms with Crippen LogP contribution in [0.25, 0.3) is 28.0 Å². The van der Waals surface area contributed by atoms with Gasteiger partial charge < -0.3 is 19.1 Å². The molecule has 2 aromatic heterocycles. The van der Waals surface area contributed by atoms with Crippen LogP contribution in [0.1, 0.15) is 46.2 Å². The number of nitrogens with zero attached hydrogens (tertiary/aromatic N) is 3. The molecular formula is C25H30N4O3S. The highest BCUT2D eigenvalue weighted by molar-refractivity contribution is 7.71. The van der Waals surface area contributed by atoms with Gasteiger partial charge >= 0.3 is 0 Å². The lowest BCUT2D eigenvalue weighted by Crippen LogP contribution is -2.12. The van der Waals surface area contributed by atoms with Crippen LogP contribution in [-0.2, 0) is 5.41 Å². The molecule has 33 heavy (non-hydrogen) atoms. The summed E-state index contributed by atoms with van der Waals surface area (Å²) in [4.78, 5) is 0. The molecule has 2 N–H and O–H groups in total. The van der Waals surface area contributed by atoms with Crippen molar-refractivity contribution in [2.45, 2.75) is 46.1 Å². The van der Waals surface area contributed by atoms with E-state index in [1.807, 2.05) is 22.8 Å². The van der Waals surface area contributed by atoms with Crippen LogP contribution < -0.4 is 9.47 Å². The minimum atomic E-state index is -0.273. The second-order valence-electron chi connectivity index (χ2n) is 9.37. The van der Waals surface area contributed by atoms with Gasteiger partial charge in [-0.2, -0.15) is 5.10 Å². The molecule has 0 amide bonds. The molecule has 0 atom stereocenters. The summed E-state index contributed by atoms with van der Waals surface area (Å²) >= 11 is 5.67. The first-order valence-electron chi connectivity index (χ1n) is 10.9. The summed E-state index contributed by atoms with van der Waals surface area (Å²) < 4.78 is 15.8. The molecule has 4 aromatic rings. The van der Waals surface area contributed by atoms with Gasteiger partial charge in [0.25, 0.3) is 0 Å². The number of hydrogen-bond donors (Lipinski definition) is 2. The number of aromatic hydroxyl groups is 1. The Morgan fingerprint density at radius 3 is 2.36 bits per heavy atom. The topological polar surface area (TPSA) is 77.2 Å². The van der Waals surface area contributed by atoms with Crippen molar-refractivity contribution in [3.8, 4) is 34.3 Å². The van der Waals surface area contributed by atoms with E-state index >= 15 is 0 Å². The molecule has 174 valence electrons. The third kappa shape index (κ3) is 3.78. The number of phenols is 1. The molecule has 4 rings (SSSR count). The zero-order valence-electron chi connectivity index (χ0n) is 20.1. The first-order valence-corrected chi connectivity index (χ1v) is 11.3. The van der Waals surface area contributed by atoms with Crippen LogP contribution in [-0.4, -0.2) is 38.7 Å². The summed E-state index contributed by atoms with van der Waals surface area (Å²) in [7, 11) is 3.26. The quantitative estimate of drug-likeness (QED) is 0.345. The molecule has 2 aromatic carbocycles. The fourth-order valence-corrected chi connectivity index (χ4v) is 4.47. The van der Waals surface area contributed by atoms with E-state index in [-0.39, 0.29) is 17.2 Å². The van der Waals surface area contributed by atoms with Gasteiger partial charge in [0.05, 0.1) is 31.0 Å². The predicted octanol–water partition coefficient (Wildman–Crippen LogP) is 6.15. The van der Waals surface area contributed by atoms with E-state index in [1.54, 1.807) is 20.3 Å². The number of aromatic nitrogens is 4. The first-order chi connectivity index (χ1) is 15.6. The van der Waals surface area contributed by atoms with E-state index in [1.165, 1.54) is 0 Å². The lowest BCUT2D eigenvalue weighted by Gasteiger charge is -2.22. The fraction of sp³-hybridized carbons (Fsp3) is 0.360. The lowest BCUT2D eigenvalue weighted by molar-refractivity contribution is 0.403. The van der Waals surface area contributed by atoms with Crippen LogP contribution in [0.15, 0.2) is 36.5 Å². The van der Waals surface area contributed by atoms with Crippen LogP contribution >= 0.6 is 12.2 Å². The Balaban J connectivity index is 2.04. The van der Waals surface area contributed by atoms with Crippen molar-refractivity contribution in [1.82, 2.24) is 19.3 Å². The summed E-state index contributed by atoms with van der Waals surface area (Å²) in [6.45, 7) is 10.4. The lowest BCUT2D eigenvalue weighted by atomic mass is 9.85. The molecule has 0 aliphatic carbocycles. The van der Waals surface area contributed by atoms with Crippen molar-refractivity contribution in [2.24, 2.45) is 0 Å². The molecule has 0 saturated heterocycles. The molecular weight excluding hydrogens is 436 g/mol. The van der Waals surface area contributed by atoms with Crippen molar-refractivity contribution in [2.75, 3.05) is 14.2 Å². The molecule has 0 fully saturated rings. The van der Waals surface area contributed by atoms with E-state index < -0.39 is 0 Å². The van der Waals surface area contributed by atoms with Gasteiger partial charge in [-0.3, -0.25) is 9.67 Å². The van der Waals surface area contributed by atoms with Gasteiger partial charge in [0.1, 0.15) is 17.2 Å². The number of benzene rings is 2. The maximum atomic E-state index is 10.6. The summed E-state index contributed by atoms with van der Waals surface area (Å²) in [6, 6.07) is 9.82. The number of fused-ring (bicyclic) bond motifs is 1. The van der Waals surface area contributed by atoms with E-state index in [9.17, 15) is 5.11 Å². The maximum Gasteiger partial charge on any atom is 0.200 e. The largest absolute Gasteiger partial charge is 0.508 e. The van der Waals surface area contributed by atoms with Crippen molar-refractivity contribution in [1.29, 1.82) is 0 Å². The monoisotopic (exact) mass is 466 g/mol. The molecule has 0 spiro atoms. The van der Waals surface area contributed by atoms with Crippen molar-refractivity contribution < 1.29 is 14.6 Å². The van der Waals surface area contributed by atoms with E-state index in [2.05, 4.69) is 61.6 Å². The van der Waals surface area contributed by atoms with Gasteiger partial charge in [-0.15, -0.1) is 0 Å². The van der Waals surface area contributed by atoms with Crippen molar-refractivity contribution >= 4 is 23.1 Å². The van der Waals surface area contributed by atoms with Crippen LogP contribution in [0.5, 0.6) is 17.2 Å². The number of H-pyrrole nitrogens is 1. The van der Waals surface area contributed by atoms with Gasteiger partial charge in [0.15, 0.2) is 10.6 Å². The minimum Gasteiger partial charge on any atom is -0.508 e. The second kappa shape index (κ2) is 8.26. The average Bonchev–Trinajstić information content (AvgIpc) is 3.36. The standard InChI is InChI=1S/C25H30N4O3S/c1-14(2)28-11-10-15-18(8-9-20(31-6)22(15)28)29-23(26-27-24(29)33)16-12-17(25(3,4)5)19(30)13-21(16)32-7/h8-14,30H,1-7H3,(H,27,33). The molecule has 0 bridgehead atoms. The van der Waals surface area contributed by atoms with Crippen LogP contribution in [0.3, 0.4) is 0 Å². The third-order valence-corrected chi connectivity index (χ3v) is 6.15. The van der Waals surface area contributed by atoms with Gasteiger partial charge in [-0.05, 0) is 55.7 Å². The highest BCUT2D eigenvalue weighted by atomic mass is 32.1. The number of methoxy groups -OCH3 is 2. The summed E-state index contributed by atoms with van der Waals surface area (Å²) in [5.74, 6) is 2.09. The molecule has 7 nitrogen and oxygen atoms in total. The second-order valence-corrected chi connectivity index (χ2v) is 9.76. The Hall–Kier alpha value is -3.26. The molecule has 0 aliphatic heterocycles. The Morgan fingerprint density at radius 1 is 1.06 bits per heavy atom. The number of hydrogen-bond acceptors (Lipinski definition) is 5. The van der Waals surface area contributed by atoms with Gasteiger partial charge in [-0.25, -0.2) is 0 Å². The Bertz CT molecular complexity index is 1390. The minimum absolute atomic E-state index is 0.185. The average molecular weight is 467 g/mol. The zero-order valence-corrected chi connectivity index (χ0v) is 20.9. The van der Waals surface area contributed by atoms with Crippen molar-refractivity contribution in [3.05, 3.63) is 46.9 Å². The number of phenolic OH excluding ortho intramolecular Hbond substituents is 1. The van der Waals surface area contributed by atoms with Gasteiger partial charge in [-0.1, -0.05) is 20.8 Å². The van der Waals surface area contributed by atoms with Crippen LogP contribution in [0, 0.1) is 4.77 Å². The smallest absolute Gasteiger partial charge is 0.200 e. The van der Waals surface area contributed by atoms with E-state index in [0.717, 1.165) is 33.5 Å². The highest BCUT2D eigenvalue weighted by Gasteiger charge is 2.25. The number of rotatable bonds is 5.